The van der Waals surface area contributed by atoms with Gasteiger partial charge in [0.05, 0.1) is 6.04 Å². The van der Waals surface area contributed by atoms with Crippen LogP contribution in [0.1, 0.15) is 156 Å². The van der Waals surface area contributed by atoms with E-state index in [4.69, 9.17) is 9.73 Å². The van der Waals surface area contributed by atoms with Crippen LogP contribution in [0.3, 0.4) is 0 Å². The summed E-state index contributed by atoms with van der Waals surface area (Å²) in [5.74, 6) is 1.09. The molecule has 0 bridgehead atoms. The second-order valence-corrected chi connectivity index (χ2v) is 9.38. The topological polar surface area (TPSA) is 21.6 Å². The van der Waals surface area contributed by atoms with Gasteiger partial charge in [0.15, 0.2) is 5.90 Å². The van der Waals surface area contributed by atoms with Gasteiger partial charge in [-0.05, 0) is 25.7 Å². The Hall–Kier alpha value is -0.530. The number of hydrogen-bond acceptors (Lipinski definition) is 2. The van der Waals surface area contributed by atoms with Gasteiger partial charge >= 0.3 is 0 Å². The molecule has 0 amide bonds. The molecular weight excluding hydrogens is 354 g/mol. The molecule has 0 aromatic rings. The van der Waals surface area contributed by atoms with E-state index in [1.165, 1.54) is 128 Å². The van der Waals surface area contributed by atoms with Gasteiger partial charge in [-0.3, -0.25) is 0 Å². The molecule has 0 spiro atoms. The summed E-state index contributed by atoms with van der Waals surface area (Å²) >= 11 is 0. The fourth-order valence-corrected chi connectivity index (χ4v) is 4.49. The molecule has 2 atom stereocenters. The number of rotatable bonds is 21. The molecule has 0 fully saturated rings. The molecule has 1 aliphatic rings. The number of nitrogens with zero attached hydrogens (tertiary/aromatic N) is 1. The highest BCUT2D eigenvalue weighted by Crippen LogP contribution is 2.26. The van der Waals surface area contributed by atoms with Crippen molar-refractivity contribution in [2.75, 3.05) is 0 Å². The molecule has 2 heteroatoms. The largest absolute Gasteiger partial charge is 0.475 e. The average molecular weight is 408 g/mol. The first-order chi connectivity index (χ1) is 14.3. The van der Waals surface area contributed by atoms with Crippen LogP contribution in [0.15, 0.2) is 4.99 Å². The molecule has 172 valence electrons. The SMILES string of the molecule is CCCCCCCCC1=NC(CCCCCCCC)C(CCCCCCCC)O1. The number of hydrogen-bond donors (Lipinski definition) is 0. The third-order valence-corrected chi connectivity index (χ3v) is 6.47. The van der Waals surface area contributed by atoms with Gasteiger partial charge < -0.3 is 4.74 Å². The number of unbranched alkanes of at least 4 members (excludes halogenated alkanes) is 15. The van der Waals surface area contributed by atoms with E-state index in [0.717, 1.165) is 12.3 Å². The molecule has 1 aliphatic heterocycles. The van der Waals surface area contributed by atoms with E-state index in [9.17, 15) is 0 Å². The van der Waals surface area contributed by atoms with Gasteiger partial charge in [0.1, 0.15) is 6.10 Å². The van der Waals surface area contributed by atoms with Crippen LogP contribution in [0, 0.1) is 0 Å². The molecule has 1 heterocycles. The van der Waals surface area contributed by atoms with Crippen molar-refractivity contribution in [3.63, 3.8) is 0 Å². The number of ether oxygens (including phenoxy) is 1. The molecular formula is C27H53NO. The number of aliphatic imine (C=N–C) groups is 1. The third-order valence-electron chi connectivity index (χ3n) is 6.47. The smallest absolute Gasteiger partial charge is 0.184 e. The molecule has 2 unspecified atom stereocenters. The molecule has 0 aromatic heterocycles. The van der Waals surface area contributed by atoms with Gasteiger partial charge in [-0.25, -0.2) is 4.99 Å². The Morgan fingerprint density at radius 2 is 1.00 bits per heavy atom. The second kappa shape index (κ2) is 19.4. The van der Waals surface area contributed by atoms with Crippen molar-refractivity contribution < 1.29 is 4.74 Å². The van der Waals surface area contributed by atoms with Gasteiger partial charge in [0.2, 0.25) is 0 Å². The van der Waals surface area contributed by atoms with E-state index in [-0.39, 0.29) is 0 Å². The summed E-state index contributed by atoms with van der Waals surface area (Å²) in [6.07, 6.45) is 28.5. The summed E-state index contributed by atoms with van der Waals surface area (Å²) in [7, 11) is 0. The van der Waals surface area contributed by atoms with Crippen LogP contribution < -0.4 is 0 Å². The maximum atomic E-state index is 6.38. The van der Waals surface area contributed by atoms with Gasteiger partial charge in [-0.15, -0.1) is 0 Å². The molecule has 2 nitrogen and oxygen atoms in total. The van der Waals surface area contributed by atoms with Crippen molar-refractivity contribution in [2.24, 2.45) is 4.99 Å². The van der Waals surface area contributed by atoms with Crippen LogP contribution in [0.4, 0.5) is 0 Å². The first-order valence-corrected chi connectivity index (χ1v) is 13.5. The molecule has 0 saturated carbocycles. The second-order valence-electron chi connectivity index (χ2n) is 9.38. The zero-order chi connectivity index (χ0) is 21.0. The molecule has 0 saturated heterocycles. The fraction of sp³-hybridized carbons (Fsp3) is 0.963. The Labute approximate surface area is 183 Å². The lowest BCUT2D eigenvalue weighted by Crippen LogP contribution is -2.22. The molecule has 1 rings (SSSR count). The van der Waals surface area contributed by atoms with Crippen LogP contribution in [0.2, 0.25) is 0 Å². The summed E-state index contributed by atoms with van der Waals surface area (Å²) in [4.78, 5) is 5.06. The van der Waals surface area contributed by atoms with E-state index >= 15 is 0 Å². The standard InChI is InChI=1S/C27H53NO/c1-4-7-10-13-16-19-22-25-26(23-20-17-14-11-8-5-2)29-27(28-25)24-21-18-15-12-9-6-3/h25-26H,4-24H2,1-3H3. The minimum Gasteiger partial charge on any atom is -0.475 e. The fourth-order valence-electron chi connectivity index (χ4n) is 4.49. The Kier molecular flexibility index (Phi) is 17.8. The van der Waals surface area contributed by atoms with E-state index in [0.29, 0.717) is 12.1 Å². The normalized spacial score (nSPS) is 18.8. The highest BCUT2D eigenvalue weighted by atomic mass is 16.5. The summed E-state index contributed by atoms with van der Waals surface area (Å²) in [6.45, 7) is 6.87. The maximum Gasteiger partial charge on any atom is 0.184 e. The Balaban J connectivity index is 2.29. The highest BCUT2D eigenvalue weighted by Gasteiger charge is 2.29. The van der Waals surface area contributed by atoms with Crippen molar-refractivity contribution in [1.29, 1.82) is 0 Å². The zero-order valence-corrected chi connectivity index (χ0v) is 20.4. The summed E-state index contributed by atoms with van der Waals surface area (Å²) in [5, 5.41) is 0. The first kappa shape index (κ1) is 26.5. The predicted molar refractivity (Wildman–Crippen MR) is 130 cm³/mol. The Bertz CT molecular complexity index is 379. The van der Waals surface area contributed by atoms with Gasteiger partial charge in [0.25, 0.3) is 0 Å². The summed E-state index contributed by atoms with van der Waals surface area (Å²) in [5.41, 5.74) is 0. The molecule has 0 N–H and O–H groups in total. The Morgan fingerprint density at radius 1 is 0.552 bits per heavy atom. The quantitative estimate of drug-likeness (QED) is 0.174. The molecule has 0 radical (unpaired) electrons. The maximum absolute atomic E-state index is 6.38. The van der Waals surface area contributed by atoms with Crippen molar-refractivity contribution in [1.82, 2.24) is 0 Å². The molecule has 0 aliphatic carbocycles. The lowest BCUT2D eigenvalue weighted by molar-refractivity contribution is 0.167. The lowest BCUT2D eigenvalue weighted by Gasteiger charge is -2.18. The van der Waals surface area contributed by atoms with Crippen LogP contribution in [0.5, 0.6) is 0 Å². The molecule has 29 heavy (non-hydrogen) atoms. The van der Waals surface area contributed by atoms with Gasteiger partial charge in [-0.1, -0.05) is 124 Å². The third kappa shape index (κ3) is 14.2. The van der Waals surface area contributed by atoms with Gasteiger partial charge in [-0.2, -0.15) is 0 Å². The monoisotopic (exact) mass is 407 g/mol. The lowest BCUT2D eigenvalue weighted by atomic mass is 9.98. The predicted octanol–water partition coefficient (Wildman–Crippen LogP) is 9.40. The van der Waals surface area contributed by atoms with E-state index in [1.807, 2.05) is 0 Å². The van der Waals surface area contributed by atoms with Crippen molar-refractivity contribution in [3.8, 4) is 0 Å². The van der Waals surface area contributed by atoms with E-state index in [2.05, 4.69) is 20.8 Å². The van der Waals surface area contributed by atoms with Gasteiger partial charge in [0, 0.05) is 6.42 Å². The van der Waals surface area contributed by atoms with Crippen molar-refractivity contribution in [3.05, 3.63) is 0 Å². The minimum absolute atomic E-state index is 0.381. The minimum atomic E-state index is 0.381. The van der Waals surface area contributed by atoms with E-state index in [1.54, 1.807) is 0 Å². The summed E-state index contributed by atoms with van der Waals surface area (Å²) in [6, 6.07) is 0.451. The van der Waals surface area contributed by atoms with Crippen LogP contribution in [0.25, 0.3) is 0 Å². The zero-order valence-electron chi connectivity index (χ0n) is 20.4. The van der Waals surface area contributed by atoms with Crippen LogP contribution in [-0.2, 0) is 4.74 Å². The van der Waals surface area contributed by atoms with Crippen molar-refractivity contribution >= 4 is 5.90 Å². The van der Waals surface area contributed by atoms with Crippen LogP contribution in [-0.4, -0.2) is 18.0 Å². The summed E-state index contributed by atoms with van der Waals surface area (Å²) < 4.78 is 6.38. The highest BCUT2D eigenvalue weighted by molar-refractivity contribution is 5.78. The van der Waals surface area contributed by atoms with Crippen molar-refractivity contribution in [2.45, 2.75) is 168 Å². The first-order valence-electron chi connectivity index (χ1n) is 13.5. The van der Waals surface area contributed by atoms with Crippen LogP contribution >= 0.6 is 0 Å². The average Bonchev–Trinajstić information content (AvgIpc) is 3.11. The van der Waals surface area contributed by atoms with E-state index < -0.39 is 0 Å². The Morgan fingerprint density at radius 3 is 1.55 bits per heavy atom. The molecule has 0 aromatic carbocycles.